The molecule has 0 radical (unpaired) electrons. The Labute approximate surface area is 139 Å². The van der Waals surface area contributed by atoms with Crippen molar-refractivity contribution in [2.75, 3.05) is 6.54 Å². The maximum absolute atomic E-state index is 12.0. The van der Waals surface area contributed by atoms with Gasteiger partial charge >= 0.3 is 5.97 Å². The van der Waals surface area contributed by atoms with Gasteiger partial charge < -0.3 is 10.1 Å². The summed E-state index contributed by atoms with van der Waals surface area (Å²) in [7, 11) is 0. The first-order valence-corrected chi connectivity index (χ1v) is 8.03. The highest BCUT2D eigenvalue weighted by molar-refractivity contribution is 5.89. The first-order chi connectivity index (χ1) is 10.6. The van der Waals surface area contributed by atoms with Crippen LogP contribution in [0.2, 0.25) is 0 Å². The molecular weight excluding hydrogens is 288 g/mol. The zero-order valence-corrected chi connectivity index (χ0v) is 14.9. The Kier molecular flexibility index (Phi) is 6.78. The molecule has 23 heavy (non-hydrogen) atoms. The largest absolute Gasteiger partial charge is 0.456 e. The lowest BCUT2D eigenvalue weighted by Crippen LogP contribution is -2.29. The molecule has 4 nitrogen and oxygen atoms in total. The summed E-state index contributed by atoms with van der Waals surface area (Å²) in [5, 5.41) is 12.1. The molecule has 126 valence electrons. The van der Waals surface area contributed by atoms with Crippen LogP contribution in [0.5, 0.6) is 0 Å². The second-order valence-electron chi connectivity index (χ2n) is 7.62. The molecule has 0 aliphatic heterocycles. The number of nitrogens with one attached hydrogen (secondary N) is 1. The lowest BCUT2D eigenvalue weighted by molar-refractivity contribution is 0.00695. The zero-order chi connectivity index (χ0) is 17.5. The molecule has 0 aliphatic carbocycles. The molecule has 1 N–H and O–H groups in total. The van der Waals surface area contributed by atoms with Gasteiger partial charge in [-0.2, -0.15) is 5.26 Å². The molecule has 0 aromatic heterocycles. The zero-order valence-electron chi connectivity index (χ0n) is 14.9. The minimum atomic E-state index is -0.480. The van der Waals surface area contributed by atoms with Crippen molar-refractivity contribution >= 4 is 5.97 Å². The Morgan fingerprint density at radius 3 is 2.30 bits per heavy atom. The highest BCUT2D eigenvalue weighted by Gasteiger charge is 2.18. The number of ether oxygens (including phenoxy) is 1. The van der Waals surface area contributed by atoms with Crippen LogP contribution in [-0.4, -0.2) is 18.1 Å². The Bertz CT molecular complexity index is 548. The standard InChI is InChI=1S/C19H28N2O2/c1-18(2,3)23-17(22)16-9-7-15(8-10-16)13-21-14-19(4,5)11-6-12-20/h7-10,21H,6,11,13-14H2,1-5H3. The van der Waals surface area contributed by atoms with Gasteiger partial charge in [0, 0.05) is 19.5 Å². The van der Waals surface area contributed by atoms with Crippen LogP contribution < -0.4 is 5.32 Å². The molecule has 0 unspecified atom stereocenters. The lowest BCUT2D eigenvalue weighted by atomic mass is 9.88. The van der Waals surface area contributed by atoms with Crippen molar-refractivity contribution in [2.45, 2.75) is 59.6 Å². The summed E-state index contributed by atoms with van der Waals surface area (Å²) < 4.78 is 5.35. The molecule has 0 spiro atoms. The summed E-state index contributed by atoms with van der Waals surface area (Å²) in [5.74, 6) is -0.297. The second-order valence-corrected chi connectivity index (χ2v) is 7.62. The molecule has 0 amide bonds. The van der Waals surface area contributed by atoms with Gasteiger partial charge in [0.05, 0.1) is 11.6 Å². The fourth-order valence-corrected chi connectivity index (χ4v) is 2.12. The highest BCUT2D eigenvalue weighted by atomic mass is 16.6. The van der Waals surface area contributed by atoms with Crippen LogP contribution in [0.4, 0.5) is 0 Å². The van der Waals surface area contributed by atoms with Gasteiger partial charge in [0.25, 0.3) is 0 Å². The van der Waals surface area contributed by atoms with E-state index in [9.17, 15) is 4.79 Å². The van der Waals surface area contributed by atoms with Gasteiger partial charge in [0.15, 0.2) is 0 Å². The van der Waals surface area contributed by atoms with Crippen LogP contribution in [0, 0.1) is 16.7 Å². The molecule has 1 rings (SSSR count). The van der Waals surface area contributed by atoms with Gasteiger partial charge in [-0.05, 0) is 50.3 Å². The molecule has 0 bridgehead atoms. The molecule has 0 saturated heterocycles. The van der Waals surface area contributed by atoms with Crippen LogP contribution in [0.1, 0.15) is 63.4 Å². The first kappa shape index (κ1) is 19.2. The third-order valence-corrected chi connectivity index (χ3v) is 3.43. The van der Waals surface area contributed by atoms with E-state index in [4.69, 9.17) is 10.00 Å². The molecule has 1 aromatic carbocycles. The summed E-state index contributed by atoms with van der Waals surface area (Å²) in [6.45, 7) is 11.5. The van der Waals surface area contributed by atoms with Gasteiger partial charge in [-0.3, -0.25) is 0 Å². The fourth-order valence-electron chi connectivity index (χ4n) is 2.12. The van der Waals surface area contributed by atoms with E-state index in [0.29, 0.717) is 12.0 Å². The number of benzene rings is 1. The molecule has 4 heteroatoms. The van der Waals surface area contributed by atoms with Crippen LogP contribution in [0.15, 0.2) is 24.3 Å². The predicted octanol–water partition coefficient (Wildman–Crippen LogP) is 4.06. The van der Waals surface area contributed by atoms with Gasteiger partial charge in [-0.25, -0.2) is 4.79 Å². The van der Waals surface area contributed by atoms with Crippen molar-refractivity contribution in [1.29, 1.82) is 5.26 Å². The molecule has 1 aromatic rings. The summed E-state index contributed by atoms with van der Waals surface area (Å²) >= 11 is 0. The Balaban J connectivity index is 2.49. The number of hydrogen-bond donors (Lipinski definition) is 1. The Morgan fingerprint density at radius 2 is 1.78 bits per heavy atom. The van der Waals surface area contributed by atoms with E-state index < -0.39 is 5.60 Å². The van der Waals surface area contributed by atoms with E-state index in [2.05, 4.69) is 25.2 Å². The minimum absolute atomic E-state index is 0.103. The van der Waals surface area contributed by atoms with Gasteiger partial charge in [0.2, 0.25) is 0 Å². The number of carbonyl (C=O) groups is 1. The van der Waals surface area contributed by atoms with Crippen molar-refractivity contribution in [3.05, 3.63) is 35.4 Å². The second kappa shape index (κ2) is 8.12. The fraction of sp³-hybridized carbons (Fsp3) is 0.579. The molecule has 0 saturated carbocycles. The molecular formula is C19H28N2O2. The normalized spacial score (nSPS) is 11.8. The maximum Gasteiger partial charge on any atom is 0.338 e. The summed E-state index contributed by atoms with van der Waals surface area (Å²) in [4.78, 5) is 12.0. The SMILES string of the molecule is CC(C)(CCC#N)CNCc1ccc(C(=O)OC(C)(C)C)cc1. The van der Waals surface area contributed by atoms with Gasteiger partial charge in [-0.15, -0.1) is 0 Å². The van der Waals surface area contributed by atoms with E-state index in [1.54, 1.807) is 12.1 Å². The van der Waals surface area contributed by atoms with Crippen LogP contribution >= 0.6 is 0 Å². The van der Waals surface area contributed by atoms with Crippen LogP contribution in [0.3, 0.4) is 0 Å². The Morgan fingerprint density at radius 1 is 1.17 bits per heavy atom. The van der Waals surface area contributed by atoms with Crippen molar-refractivity contribution in [1.82, 2.24) is 5.32 Å². The smallest absolute Gasteiger partial charge is 0.338 e. The van der Waals surface area contributed by atoms with Crippen LogP contribution in [-0.2, 0) is 11.3 Å². The quantitative estimate of drug-likeness (QED) is 0.771. The first-order valence-electron chi connectivity index (χ1n) is 8.03. The highest BCUT2D eigenvalue weighted by Crippen LogP contribution is 2.21. The topological polar surface area (TPSA) is 62.1 Å². The molecule has 0 atom stereocenters. The number of nitriles is 1. The maximum atomic E-state index is 12.0. The molecule has 0 heterocycles. The average molecular weight is 316 g/mol. The van der Waals surface area contributed by atoms with Gasteiger partial charge in [0.1, 0.15) is 5.60 Å². The van der Waals surface area contributed by atoms with Crippen molar-refractivity contribution in [3.63, 3.8) is 0 Å². The van der Waals surface area contributed by atoms with E-state index in [0.717, 1.165) is 25.1 Å². The van der Waals surface area contributed by atoms with Crippen molar-refractivity contribution in [2.24, 2.45) is 5.41 Å². The van der Waals surface area contributed by atoms with E-state index >= 15 is 0 Å². The minimum Gasteiger partial charge on any atom is -0.456 e. The number of hydrogen-bond acceptors (Lipinski definition) is 4. The average Bonchev–Trinajstić information content (AvgIpc) is 2.44. The van der Waals surface area contributed by atoms with E-state index in [1.165, 1.54) is 0 Å². The van der Waals surface area contributed by atoms with Crippen molar-refractivity contribution in [3.8, 4) is 6.07 Å². The number of rotatable bonds is 7. The lowest BCUT2D eigenvalue weighted by Gasteiger charge is -2.24. The predicted molar refractivity (Wildman–Crippen MR) is 91.9 cm³/mol. The molecule has 0 aliphatic rings. The summed E-state index contributed by atoms with van der Waals surface area (Å²) in [5.41, 5.74) is 1.31. The summed E-state index contributed by atoms with van der Waals surface area (Å²) in [6, 6.07) is 9.67. The van der Waals surface area contributed by atoms with Crippen molar-refractivity contribution < 1.29 is 9.53 Å². The molecule has 0 fully saturated rings. The number of esters is 1. The third kappa shape index (κ3) is 7.80. The van der Waals surface area contributed by atoms with E-state index in [1.807, 2.05) is 32.9 Å². The van der Waals surface area contributed by atoms with Gasteiger partial charge in [-0.1, -0.05) is 26.0 Å². The number of carbonyl (C=O) groups excluding carboxylic acids is 1. The van der Waals surface area contributed by atoms with E-state index in [-0.39, 0.29) is 11.4 Å². The Hall–Kier alpha value is -1.86. The summed E-state index contributed by atoms with van der Waals surface area (Å²) in [6.07, 6.45) is 1.47. The number of nitrogens with zero attached hydrogens (tertiary/aromatic N) is 1. The third-order valence-electron chi connectivity index (χ3n) is 3.43. The monoisotopic (exact) mass is 316 g/mol. The van der Waals surface area contributed by atoms with Crippen LogP contribution in [0.25, 0.3) is 0 Å².